The number of morpholine rings is 1. The SMILES string of the molecule is CCCn1ncnc1[C@H](C)NC(=O)C(C)(C)N1CCOCC1. The molecule has 22 heavy (non-hydrogen) atoms. The van der Waals surface area contributed by atoms with E-state index in [1.807, 2.05) is 25.5 Å². The quantitative estimate of drug-likeness (QED) is 0.848. The number of amides is 1. The van der Waals surface area contributed by atoms with Crippen LogP contribution in [0.15, 0.2) is 6.33 Å². The highest BCUT2D eigenvalue weighted by molar-refractivity contribution is 5.85. The van der Waals surface area contributed by atoms with Crippen molar-refractivity contribution in [1.82, 2.24) is 25.0 Å². The first-order chi connectivity index (χ1) is 10.5. The number of carbonyl (C=O) groups excluding carboxylic acids is 1. The van der Waals surface area contributed by atoms with Crippen molar-refractivity contribution in [1.29, 1.82) is 0 Å². The zero-order valence-electron chi connectivity index (χ0n) is 14.0. The second kappa shape index (κ2) is 7.19. The molecule has 0 radical (unpaired) electrons. The van der Waals surface area contributed by atoms with Crippen LogP contribution in [0.2, 0.25) is 0 Å². The first-order valence-electron chi connectivity index (χ1n) is 7.98. The lowest BCUT2D eigenvalue weighted by Gasteiger charge is -2.39. The Morgan fingerprint density at radius 2 is 2.14 bits per heavy atom. The fourth-order valence-electron chi connectivity index (χ4n) is 2.70. The highest BCUT2D eigenvalue weighted by atomic mass is 16.5. The Kier molecular flexibility index (Phi) is 5.52. The zero-order valence-corrected chi connectivity index (χ0v) is 14.0. The van der Waals surface area contributed by atoms with Crippen LogP contribution in [0.1, 0.15) is 46.0 Å². The first-order valence-corrected chi connectivity index (χ1v) is 7.98. The van der Waals surface area contributed by atoms with Gasteiger partial charge < -0.3 is 10.1 Å². The lowest BCUT2D eigenvalue weighted by Crippen LogP contribution is -2.58. The van der Waals surface area contributed by atoms with E-state index in [-0.39, 0.29) is 11.9 Å². The molecule has 0 unspecified atom stereocenters. The third-order valence-corrected chi connectivity index (χ3v) is 4.17. The normalized spacial score (nSPS) is 18.2. The number of ether oxygens (including phenoxy) is 1. The third-order valence-electron chi connectivity index (χ3n) is 4.17. The first kappa shape index (κ1) is 16.9. The minimum absolute atomic E-state index is 0.00736. The molecule has 1 amide bonds. The number of nitrogens with one attached hydrogen (secondary N) is 1. The van der Waals surface area contributed by atoms with Gasteiger partial charge in [0.15, 0.2) is 0 Å². The summed E-state index contributed by atoms with van der Waals surface area (Å²) < 4.78 is 7.22. The van der Waals surface area contributed by atoms with E-state index in [0.29, 0.717) is 13.2 Å². The maximum absolute atomic E-state index is 12.7. The minimum Gasteiger partial charge on any atom is -0.379 e. The molecule has 0 saturated carbocycles. The third kappa shape index (κ3) is 3.64. The molecule has 0 aliphatic carbocycles. The molecule has 124 valence electrons. The molecule has 1 aliphatic heterocycles. The van der Waals surface area contributed by atoms with Gasteiger partial charge in [0, 0.05) is 19.6 Å². The van der Waals surface area contributed by atoms with E-state index in [0.717, 1.165) is 31.9 Å². The maximum atomic E-state index is 12.7. The summed E-state index contributed by atoms with van der Waals surface area (Å²) in [6.07, 6.45) is 2.52. The predicted molar refractivity (Wildman–Crippen MR) is 83.3 cm³/mol. The van der Waals surface area contributed by atoms with Crippen molar-refractivity contribution in [2.24, 2.45) is 0 Å². The molecule has 7 nitrogen and oxygen atoms in total. The molecule has 1 atom stereocenters. The van der Waals surface area contributed by atoms with Crippen molar-refractivity contribution in [2.45, 2.75) is 52.2 Å². The number of rotatable bonds is 6. The van der Waals surface area contributed by atoms with E-state index >= 15 is 0 Å². The van der Waals surface area contributed by atoms with Gasteiger partial charge in [-0.1, -0.05) is 6.92 Å². The van der Waals surface area contributed by atoms with Crippen molar-refractivity contribution in [3.8, 4) is 0 Å². The van der Waals surface area contributed by atoms with Gasteiger partial charge in [-0.25, -0.2) is 9.67 Å². The van der Waals surface area contributed by atoms with Crippen LogP contribution in [0.3, 0.4) is 0 Å². The second-order valence-corrected chi connectivity index (χ2v) is 6.19. The Morgan fingerprint density at radius 1 is 1.45 bits per heavy atom. The van der Waals surface area contributed by atoms with E-state index in [4.69, 9.17) is 4.74 Å². The molecule has 1 saturated heterocycles. The van der Waals surface area contributed by atoms with Crippen molar-refractivity contribution >= 4 is 5.91 Å². The van der Waals surface area contributed by atoms with Crippen LogP contribution < -0.4 is 5.32 Å². The smallest absolute Gasteiger partial charge is 0.240 e. The van der Waals surface area contributed by atoms with Gasteiger partial charge in [0.1, 0.15) is 12.2 Å². The van der Waals surface area contributed by atoms with Gasteiger partial charge in [-0.15, -0.1) is 0 Å². The topological polar surface area (TPSA) is 72.3 Å². The Labute approximate surface area is 132 Å². The van der Waals surface area contributed by atoms with Gasteiger partial charge in [0.2, 0.25) is 5.91 Å². The van der Waals surface area contributed by atoms with Gasteiger partial charge >= 0.3 is 0 Å². The Bertz CT molecular complexity index is 494. The number of aromatic nitrogens is 3. The second-order valence-electron chi connectivity index (χ2n) is 6.19. The van der Waals surface area contributed by atoms with Crippen LogP contribution in [0.4, 0.5) is 0 Å². The molecule has 1 aliphatic rings. The summed E-state index contributed by atoms with van der Waals surface area (Å²) >= 11 is 0. The highest BCUT2D eigenvalue weighted by Crippen LogP contribution is 2.18. The largest absolute Gasteiger partial charge is 0.379 e. The number of hydrogen-bond donors (Lipinski definition) is 1. The fourth-order valence-corrected chi connectivity index (χ4v) is 2.70. The number of aryl methyl sites for hydroxylation is 1. The molecule has 0 spiro atoms. The predicted octanol–water partition coefficient (Wildman–Crippen LogP) is 0.976. The summed E-state index contributed by atoms with van der Waals surface area (Å²) in [5.74, 6) is 0.806. The molecule has 1 aromatic rings. The summed E-state index contributed by atoms with van der Waals surface area (Å²) in [4.78, 5) is 19.1. The van der Waals surface area contributed by atoms with E-state index < -0.39 is 5.54 Å². The molecule has 2 heterocycles. The molecule has 0 bridgehead atoms. The number of hydrogen-bond acceptors (Lipinski definition) is 5. The summed E-state index contributed by atoms with van der Waals surface area (Å²) in [7, 11) is 0. The molecule has 1 fully saturated rings. The van der Waals surface area contributed by atoms with Gasteiger partial charge in [0.05, 0.1) is 24.8 Å². The Balaban J connectivity index is 2.01. The van der Waals surface area contributed by atoms with Crippen LogP contribution in [-0.4, -0.2) is 57.4 Å². The van der Waals surface area contributed by atoms with Gasteiger partial charge in [0.25, 0.3) is 0 Å². The highest BCUT2D eigenvalue weighted by Gasteiger charge is 2.36. The van der Waals surface area contributed by atoms with E-state index in [1.54, 1.807) is 6.33 Å². The molecule has 0 aromatic carbocycles. The molecule has 7 heteroatoms. The molecule has 1 aromatic heterocycles. The van der Waals surface area contributed by atoms with Gasteiger partial charge in [-0.05, 0) is 27.2 Å². The maximum Gasteiger partial charge on any atom is 0.240 e. The van der Waals surface area contributed by atoms with Crippen molar-refractivity contribution in [2.75, 3.05) is 26.3 Å². The lowest BCUT2D eigenvalue weighted by molar-refractivity contribution is -0.135. The van der Waals surface area contributed by atoms with Crippen molar-refractivity contribution in [3.05, 3.63) is 12.2 Å². The standard InChI is InChI=1S/C15H27N5O2/c1-5-6-20-13(16-11-17-20)12(2)18-14(21)15(3,4)19-7-9-22-10-8-19/h11-12H,5-10H2,1-4H3,(H,18,21)/t12-/m0/s1. The average molecular weight is 309 g/mol. The minimum atomic E-state index is -0.562. The molecule has 2 rings (SSSR count). The Morgan fingerprint density at radius 3 is 2.77 bits per heavy atom. The summed E-state index contributed by atoms with van der Waals surface area (Å²) in [6, 6.07) is -0.165. The van der Waals surface area contributed by atoms with E-state index in [2.05, 4.69) is 27.2 Å². The zero-order chi connectivity index (χ0) is 16.2. The van der Waals surface area contributed by atoms with Crippen LogP contribution in [0, 0.1) is 0 Å². The monoisotopic (exact) mass is 309 g/mol. The molecular weight excluding hydrogens is 282 g/mol. The number of carbonyl (C=O) groups is 1. The fraction of sp³-hybridized carbons (Fsp3) is 0.800. The van der Waals surface area contributed by atoms with Gasteiger partial charge in [-0.2, -0.15) is 5.10 Å². The lowest BCUT2D eigenvalue weighted by atomic mass is 10.0. The number of nitrogens with zero attached hydrogens (tertiary/aromatic N) is 4. The van der Waals surface area contributed by atoms with Crippen LogP contribution >= 0.6 is 0 Å². The molecule has 1 N–H and O–H groups in total. The summed E-state index contributed by atoms with van der Waals surface area (Å²) in [5, 5.41) is 7.29. The van der Waals surface area contributed by atoms with Crippen molar-refractivity contribution in [3.63, 3.8) is 0 Å². The van der Waals surface area contributed by atoms with Crippen molar-refractivity contribution < 1.29 is 9.53 Å². The summed E-state index contributed by atoms with van der Waals surface area (Å²) in [6.45, 7) is 11.7. The van der Waals surface area contributed by atoms with Crippen LogP contribution in [-0.2, 0) is 16.1 Å². The Hall–Kier alpha value is -1.47. The van der Waals surface area contributed by atoms with Crippen LogP contribution in [0.25, 0.3) is 0 Å². The van der Waals surface area contributed by atoms with E-state index in [9.17, 15) is 4.79 Å². The summed E-state index contributed by atoms with van der Waals surface area (Å²) in [5.41, 5.74) is -0.562. The van der Waals surface area contributed by atoms with E-state index in [1.165, 1.54) is 0 Å². The van der Waals surface area contributed by atoms with Crippen LogP contribution in [0.5, 0.6) is 0 Å². The van der Waals surface area contributed by atoms with Gasteiger partial charge in [-0.3, -0.25) is 9.69 Å². The average Bonchev–Trinajstić information content (AvgIpc) is 2.97. The molecular formula is C15H27N5O2.